The zero-order valence-corrected chi connectivity index (χ0v) is 17.3. The Morgan fingerprint density at radius 2 is 1.83 bits per heavy atom. The third kappa shape index (κ3) is 3.23. The molecule has 0 radical (unpaired) electrons. The largest absolute Gasteiger partial charge is 0.410 e. The SMILES string of the molecule is COC(c1cccc2c1CCC2O[Si](C)(C)C(C)(C)C)C1CCC1. The topological polar surface area (TPSA) is 18.5 Å². The summed E-state index contributed by atoms with van der Waals surface area (Å²) >= 11 is 0. The number of hydrogen-bond donors (Lipinski definition) is 0. The van der Waals surface area contributed by atoms with Crippen molar-refractivity contribution in [2.45, 2.75) is 83.2 Å². The fourth-order valence-electron chi connectivity index (χ4n) is 3.88. The van der Waals surface area contributed by atoms with Crippen LogP contribution in [-0.2, 0) is 15.6 Å². The second-order valence-corrected chi connectivity index (χ2v) is 13.9. The molecule has 2 unspecified atom stereocenters. The quantitative estimate of drug-likeness (QED) is 0.592. The Kier molecular flexibility index (Phi) is 4.98. The second kappa shape index (κ2) is 6.58. The minimum atomic E-state index is -1.74. The summed E-state index contributed by atoms with van der Waals surface area (Å²) in [4.78, 5) is 0. The van der Waals surface area contributed by atoms with Crippen LogP contribution < -0.4 is 0 Å². The first-order valence-corrected chi connectivity index (χ1v) is 12.5. The molecule has 2 aliphatic carbocycles. The van der Waals surface area contributed by atoms with E-state index in [-0.39, 0.29) is 17.2 Å². The van der Waals surface area contributed by atoms with Crippen LogP contribution in [0.4, 0.5) is 0 Å². The molecular formula is C21H34O2Si. The molecule has 3 heteroatoms. The van der Waals surface area contributed by atoms with Crippen molar-refractivity contribution in [2.75, 3.05) is 7.11 Å². The Labute approximate surface area is 149 Å². The van der Waals surface area contributed by atoms with Gasteiger partial charge in [-0.15, -0.1) is 0 Å². The van der Waals surface area contributed by atoms with Crippen LogP contribution in [-0.4, -0.2) is 15.4 Å². The summed E-state index contributed by atoms with van der Waals surface area (Å²) in [5.41, 5.74) is 4.37. The standard InChI is InChI=1S/C21H34O2Si/c1-21(2,3)24(5,6)23-19-14-13-16-17(19)11-8-12-18(16)20(22-4)15-9-7-10-15/h8,11-12,15,19-20H,7,9-10,13-14H2,1-6H3. The maximum atomic E-state index is 6.76. The highest BCUT2D eigenvalue weighted by molar-refractivity contribution is 6.74. The molecule has 1 aromatic rings. The lowest BCUT2D eigenvalue weighted by molar-refractivity contribution is 0.0173. The summed E-state index contributed by atoms with van der Waals surface area (Å²) in [7, 11) is 0.136. The minimum absolute atomic E-state index is 0.258. The highest BCUT2D eigenvalue weighted by Gasteiger charge is 2.41. The van der Waals surface area contributed by atoms with E-state index >= 15 is 0 Å². The van der Waals surface area contributed by atoms with Crippen LogP contribution in [0.1, 0.15) is 75.4 Å². The van der Waals surface area contributed by atoms with Crippen molar-refractivity contribution < 1.29 is 9.16 Å². The lowest BCUT2D eigenvalue weighted by Gasteiger charge is -2.38. The lowest BCUT2D eigenvalue weighted by atomic mass is 9.77. The highest BCUT2D eigenvalue weighted by atomic mass is 28.4. The number of hydrogen-bond acceptors (Lipinski definition) is 2. The predicted octanol–water partition coefficient (Wildman–Crippen LogP) is 6.18. The molecule has 3 rings (SSSR count). The van der Waals surface area contributed by atoms with Crippen molar-refractivity contribution in [3.8, 4) is 0 Å². The second-order valence-electron chi connectivity index (χ2n) is 9.17. The normalized spacial score (nSPS) is 23.0. The average molecular weight is 347 g/mol. The van der Waals surface area contributed by atoms with Crippen LogP contribution >= 0.6 is 0 Å². The zero-order valence-electron chi connectivity index (χ0n) is 16.3. The van der Waals surface area contributed by atoms with Gasteiger partial charge in [-0.05, 0) is 66.4 Å². The number of rotatable bonds is 5. The Bertz CT molecular complexity index is 584. The molecule has 134 valence electrons. The summed E-state index contributed by atoms with van der Waals surface area (Å²) in [5.74, 6) is 0.710. The maximum absolute atomic E-state index is 6.76. The van der Waals surface area contributed by atoms with Gasteiger partial charge in [0.2, 0.25) is 0 Å². The molecule has 1 fully saturated rings. The molecule has 2 atom stereocenters. The van der Waals surface area contributed by atoms with Gasteiger partial charge in [-0.3, -0.25) is 0 Å². The Morgan fingerprint density at radius 1 is 1.12 bits per heavy atom. The summed E-state index contributed by atoms with van der Waals surface area (Å²) in [5, 5.41) is 0.258. The molecular weight excluding hydrogens is 312 g/mol. The molecule has 2 aliphatic rings. The molecule has 0 bridgehead atoms. The molecule has 0 amide bonds. The lowest BCUT2D eigenvalue weighted by Crippen LogP contribution is -2.41. The molecule has 0 spiro atoms. The molecule has 0 heterocycles. The molecule has 0 aliphatic heterocycles. The van der Waals surface area contributed by atoms with Crippen molar-refractivity contribution >= 4 is 8.32 Å². The van der Waals surface area contributed by atoms with Crippen LogP contribution in [0.25, 0.3) is 0 Å². The van der Waals surface area contributed by atoms with Crippen molar-refractivity contribution in [1.29, 1.82) is 0 Å². The minimum Gasteiger partial charge on any atom is -0.410 e. The fourth-order valence-corrected chi connectivity index (χ4v) is 5.19. The third-order valence-electron chi connectivity index (χ3n) is 6.63. The van der Waals surface area contributed by atoms with E-state index in [2.05, 4.69) is 52.1 Å². The van der Waals surface area contributed by atoms with Gasteiger partial charge in [0.15, 0.2) is 8.32 Å². The van der Waals surface area contributed by atoms with Gasteiger partial charge in [-0.1, -0.05) is 45.4 Å². The molecule has 1 aromatic carbocycles. The van der Waals surface area contributed by atoms with Crippen LogP contribution in [0.2, 0.25) is 18.1 Å². The van der Waals surface area contributed by atoms with E-state index in [1.165, 1.54) is 36.0 Å². The van der Waals surface area contributed by atoms with Crippen molar-refractivity contribution in [2.24, 2.45) is 5.92 Å². The van der Waals surface area contributed by atoms with Gasteiger partial charge in [-0.25, -0.2) is 0 Å². The number of ether oxygens (including phenoxy) is 1. The Balaban J connectivity index is 1.86. The summed E-state index contributed by atoms with van der Waals surface area (Å²) in [6.07, 6.45) is 6.80. The Morgan fingerprint density at radius 3 is 2.38 bits per heavy atom. The van der Waals surface area contributed by atoms with E-state index < -0.39 is 8.32 Å². The molecule has 0 N–H and O–H groups in total. The van der Waals surface area contributed by atoms with Crippen molar-refractivity contribution in [3.05, 3.63) is 34.9 Å². The van der Waals surface area contributed by atoms with Gasteiger partial charge in [-0.2, -0.15) is 0 Å². The molecule has 24 heavy (non-hydrogen) atoms. The van der Waals surface area contributed by atoms with Gasteiger partial charge < -0.3 is 9.16 Å². The first-order chi connectivity index (χ1) is 11.2. The Hall–Kier alpha value is -0.643. The molecule has 0 saturated heterocycles. The summed E-state index contributed by atoms with van der Waals surface area (Å²) in [6.45, 7) is 11.7. The predicted molar refractivity (Wildman–Crippen MR) is 103 cm³/mol. The first-order valence-electron chi connectivity index (χ1n) is 9.57. The number of benzene rings is 1. The number of fused-ring (bicyclic) bond motifs is 1. The van der Waals surface area contributed by atoms with Gasteiger partial charge in [0.1, 0.15) is 0 Å². The first kappa shape index (κ1) is 18.2. The van der Waals surface area contributed by atoms with Gasteiger partial charge in [0.05, 0.1) is 12.2 Å². The van der Waals surface area contributed by atoms with Gasteiger partial charge in [0, 0.05) is 7.11 Å². The van der Waals surface area contributed by atoms with E-state index in [0.717, 1.165) is 12.8 Å². The van der Waals surface area contributed by atoms with Crippen LogP contribution in [0.3, 0.4) is 0 Å². The van der Waals surface area contributed by atoms with Gasteiger partial charge in [0.25, 0.3) is 0 Å². The van der Waals surface area contributed by atoms with Crippen LogP contribution in [0.5, 0.6) is 0 Å². The third-order valence-corrected chi connectivity index (χ3v) is 11.1. The molecule has 0 aromatic heterocycles. The molecule has 2 nitrogen and oxygen atoms in total. The smallest absolute Gasteiger partial charge is 0.192 e. The van der Waals surface area contributed by atoms with Crippen LogP contribution in [0.15, 0.2) is 18.2 Å². The van der Waals surface area contributed by atoms with E-state index in [4.69, 9.17) is 9.16 Å². The maximum Gasteiger partial charge on any atom is 0.192 e. The highest BCUT2D eigenvalue weighted by Crippen LogP contribution is 2.47. The van der Waals surface area contributed by atoms with E-state index in [9.17, 15) is 0 Å². The fraction of sp³-hybridized carbons (Fsp3) is 0.714. The molecule has 1 saturated carbocycles. The zero-order chi connectivity index (χ0) is 17.5. The summed E-state index contributed by atoms with van der Waals surface area (Å²) in [6, 6.07) is 6.79. The van der Waals surface area contributed by atoms with E-state index in [1.54, 1.807) is 0 Å². The van der Waals surface area contributed by atoms with E-state index in [1.807, 2.05) is 7.11 Å². The van der Waals surface area contributed by atoms with E-state index in [0.29, 0.717) is 5.92 Å². The van der Waals surface area contributed by atoms with Crippen molar-refractivity contribution in [3.63, 3.8) is 0 Å². The average Bonchev–Trinajstić information content (AvgIpc) is 2.84. The van der Waals surface area contributed by atoms with Crippen molar-refractivity contribution in [1.82, 2.24) is 0 Å². The summed E-state index contributed by atoms with van der Waals surface area (Å²) < 4.78 is 12.7. The monoisotopic (exact) mass is 346 g/mol. The van der Waals surface area contributed by atoms with Crippen LogP contribution in [0, 0.1) is 5.92 Å². The van der Waals surface area contributed by atoms with Gasteiger partial charge >= 0.3 is 0 Å². The number of methoxy groups -OCH3 is 1.